The molecule has 1 heterocycles. The van der Waals surface area contributed by atoms with Crippen LogP contribution in [0.25, 0.3) is 0 Å². The van der Waals surface area contributed by atoms with Gasteiger partial charge >= 0.3 is 0 Å². The van der Waals surface area contributed by atoms with Crippen molar-refractivity contribution in [2.75, 3.05) is 0 Å². The minimum Gasteiger partial charge on any atom is -0.292 e. The quantitative estimate of drug-likeness (QED) is 0.596. The summed E-state index contributed by atoms with van der Waals surface area (Å²) in [5.41, 5.74) is 1.30. The van der Waals surface area contributed by atoms with Crippen LogP contribution in [0.15, 0.2) is 0 Å². The normalized spacial score (nSPS) is 20.1. The van der Waals surface area contributed by atoms with Crippen LogP contribution in [0.5, 0.6) is 0 Å². The molecule has 0 amide bonds. The first-order valence-electron chi connectivity index (χ1n) is 4.46. The van der Waals surface area contributed by atoms with E-state index in [2.05, 4.69) is 10.3 Å². The van der Waals surface area contributed by atoms with Gasteiger partial charge in [-0.15, -0.1) is 5.10 Å². The van der Waals surface area contributed by atoms with Gasteiger partial charge in [-0.3, -0.25) is 4.79 Å². The highest BCUT2D eigenvalue weighted by Gasteiger charge is 2.37. The van der Waals surface area contributed by atoms with Gasteiger partial charge in [0.25, 0.3) is 0 Å². The summed E-state index contributed by atoms with van der Waals surface area (Å²) < 4.78 is 1.58. The average Bonchev–Trinajstić information content (AvgIpc) is 2.41. The van der Waals surface area contributed by atoms with E-state index in [9.17, 15) is 4.79 Å². The molecular weight excluding hydrogens is 166 g/mol. The Hall–Kier alpha value is -1.19. The molecule has 0 radical (unpaired) electrons. The number of carbonyl (C=O) groups is 1. The van der Waals surface area contributed by atoms with Crippen LogP contribution < -0.4 is 0 Å². The van der Waals surface area contributed by atoms with Crippen molar-refractivity contribution in [1.82, 2.24) is 15.0 Å². The predicted molar refractivity (Wildman–Crippen MR) is 47.4 cm³/mol. The van der Waals surface area contributed by atoms with Crippen molar-refractivity contribution in [3.8, 4) is 0 Å². The van der Waals surface area contributed by atoms with Crippen molar-refractivity contribution in [2.24, 2.45) is 12.5 Å². The number of Topliss-reactive ketones (excluding diaryl/α,β-unsaturated/α-hetero) is 1. The Kier molecular flexibility index (Phi) is 1.55. The van der Waals surface area contributed by atoms with Gasteiger partial charge < -0.3 is 0 Å². The number of carbonyl (C=O) groups excluding carboxylic acids is 1. The van der Waals surface area contributed by atoms with Crippen molar-refractivity contribution >= 4 is 5.78 Å². The molecule has 0 fully saturated rings. The fraction of sp³-hybridized carbons (Fsp3) is 0.667. The van der Waals surface area contributed by atoms with Gasteiger partial charge in [0.2, 0.25) is 0 Å². The van der Waals surface area contributed by atoms with Crippen LogP contribution >= 0.6 is 0 Å². The molecule has 1 aromatic heterocycles. The maximum atomic E-state index is 11.9. The van der Waals surface area contributed by atoms with Gasteiger partial charge in [0.15, 0.2) is 5.78 Å². The topological polar surface area (TPSA) is 47.8 Å². The van der Waals surface area contributed by atoms with Crippen LogP contribution in [0.3, 0.4) is 0 Å². The molecule has 70 valence electrons. The van der Waals surface area contributed by atoms with E-state index in [1.54, 1.807) is 11.7 Å². The van der Waals surface area contributed by atoms with Gasteiger partial charge in [-0.25, -0.2) is 4.68 Å². The minimum absolute atomic E-state index is 0.168. The molecular formula is C9H13N3O. The number of ketones is 1. The Labute approximate surface area is 76.9 Å². The lowest BCUT2D eigenvalue weighted by Gasteiger charge is -2.26. The van der Waals surface area contributed by atoms with Crippen molar-refractivity contribution in [1.29, 1.82) is 0 Å². The van der Waals surface area contributed by atoms with Crippen LogP contribution in [-0.4, -0.2) is 20.8 Å². The molecule has 0 N–H and O–H groups in total. The first-order valence-corrected chi connectivity index (χ1v) is 4.46. The number of aryl methyl sites for hydroxylation is 2. The highest BCUT2D eigenvalue weighted by molar-refractivity contribution is 6.00. The first kappa shape index (κ1) is 8.41. The second-order valence-electron chi connectivity index (χ2n) is 4.22. The molecule has 0 atom stereocenters. The zero-order valence-electron chi connectivity index (χ0n) is 8.16. The predicted octanol–water partition coefficient (Wildman–Crippen LogP) is 0.970. The second kappa shape index (κ2) is 2.40. The maximum absolute atomic E-state index is 11.9. The summed E-state index contributed by atoms with van der Waals surface area (Å²) in [5, 5.41) is 7.82. The number of hydrogen-bond acceptors (Lipinski definition) is 3. The van der Waals surface area contributed by atoms with E-state index >= 15 is 0 Å². The fourth-order valence-electron chi connectivity index (χ4n) is 1.71. The lowest BCUT2D eigenvalue weighted by atomic mass is 9.77. The Bertz CT molecular complexity index is 365. The van der Waals surface area contributed by atoms with Gasteiger partial charge in [0.1, 0.15) is 5.69 Å². The zero-order chi connectivity index (χ0) is 9.64. The van der Waals surface area contributed by atoms with Gasteiger partial charge in [0, 0.05) is 12.5 Å². The summed E-state index contributed by atoms with van der Waals surface area (Å²) in [6, 6.07) is 0. The van der Waals surface area contributed by atoms with Crippen molar-refractivity contribution < 1.29 is 4.79 Å². The molecule has 1 aromatic rings. The van der Waals surface area contributed by atoms with E-state index in [4.69, 9.17) is 0 Å². The number of fused-ring (bicyclic) bond motifs is 1. The molecule has 0 spiro atoms. The largest absolute Gasteiger partial charge is 0.292 e. The van der Waals surface area contributed by atoms with Crippen molar-refractivity contribution in [3.63, 3.8) is 0 Å². The van der Waals surface area contributed by atoms with E-state index in [1.165, 1.54) is 0 Å². The summed E-state index contributed by atoms with van der Waals surface area (Å²) in [6.07, 6.45) is 1.74. The average molecular weight is 179 g/mol. The standard InChI is InChI=1S/C9H13N3O/c1-9(2)5-4-6-7(8(9)13)12(3)11-10-6/h4-5H2,1-3H3. The fourth-order valence-corrected chi connectivity index (χ4v) is 1.71. The molecule has 2 rings (SSSR count). The molecule has 0 saturated carbocycles. The SMILES string of the molecule is Cn1nnc2c1C(=O)C(C)(C)CC2. The highest BCUT2D eigenvalue weighted by Crippen LogP contribution is 2.33. The Morgan fingerprint density at radius 1 is 1.46 bits per heavy atom. The van der Waals surface area contributed by atoms with E-state index in [1.807, 2.05) is 13.8 Å². The molecule has 4 nitrogen and oxygen atoms in total. The van der Waals surface area contributed by atoms with E-state index in [-0.39, 0.29) is 11.2 Å². The van der Waals surface area contributed by atoms with Gasteiger partial charge in [-0.1, -0.05) is 19.1 Å². The molecule has 4 heteroatoms. The number of rotatable bonds is 0. The van der Waals surface area contributed by atoms with Gasteiger partial charge in [0.05, 0.1) is 5.69 Å². The molecule has 0 aromatic carbocycles. The van der Waals surface area contributed by atoms with Crippen molar-refractivity contribution in [2.45, 2.75) is 26.7 Å². The van der Waals surface area contributed by atoms with Crippen LogP contribution in [0, 0.1) is 5.41 Å². The first-order chi connectivity index (χ1) is 6.02. The molecule has 0 unspecified atom stereocenters. The smallest absolute Gasteiger partial charge is 0.188 e. The summed E-state index contributed by atoms with van der Waals surface area (Å²) >= 11 is 0. The Balaban J connectivity index is 2.55. The zero-order valence-corrected chi connectivity index (χ0v) is 8.16. The van der Waals surface area contributed by atoms with E-state index < -0.39 is 0 Å². The van der Waals surface area contributed by atoms with Crippen LogP contribution in [0.2, 0.25) is 0 Å². The summed E-state index contributed by atoms with van der Waals surface area (Å²) in [5.74, 6) is 0.168. The monoisotopic (exact) mass is 179 g/mol. The van der Waals surface area contributed by atoms with E-state index in [0.29, 0.717) is 5.69 Å². The number of nitrogens with zero attached hydrogens (tertiary/aromatic N) is 3. The van der Waals surface area contributed by atoms with Crippen LogP contribution in [0.4, 0.5) is 0 Å². The molecule has 0 saturated heterocycles. The van der Waals surface area contributed by atoms with Crippen LogP contribution in [0.1, 0.15) is 36.5 Å². The molecule has 0 bridgehead atoms. The van der Waals surface area contributed by atoms with Gasteiger partial charge in [-0.2, -0.15) is 0 Å². The maximum Gasteiger partial charge on any atom is 0.188 e. The third-order valence-corrected chi connectivity index (χ3v) is 2.71. The summed E-state index contributed by atoms with van der Waals surface area (Å²) in [6.45, 7) is 3.95. The van der Waals surface area contributed by atoms with Crippen molar-refractivity contribution in [3.05, 3.63) is 11.4 Å². The lowest BCUT2D eigenvalue weighted by Crippen LogP contribution is -2.31. The number of hydrogen-bond donors (Lipinski definition) is 0. The third kappa shape index (κ3) is 1.08. The lowest BCUT2D eigenvalue weighted by molar-refractivity contribution is 0.0799. The molecule has 0 aliphatic heterocycles. The van der Waals surface area contributed by atoms with E-state index in [0.717, 1.165) is 18.5 Å². The Morgan fingerprint density at radius 3 is 2.85 bits per heavy atom. The summed E-state index contributed by atoms with van der Waals surface area (Å²) in [7, 11) is 1.77. The molecule has 1 aliphatic carbocycles. The number of aromatic nitrogens is 3. The molecule has 1 aliphatic rings. The van der Waals surface area contributed by atoms with Gasteiger partial charge in [-0.05, 0) is 12.8 Å². The summed E-state index contributed by atoms with van der Waals surface area (Å²) in [4.78, 5) is 11.9. The second-order valence-corrected chi connectivity index (χ2v) is 4.22. The molecule has 13 heavy (non-hydrogen) atoms. The van der Waals surface area contributed by atoms with Crippen LogP contribution in [-0.2, 0) is 13.5 Å². The third-order valence-electron chi connectivity index (χ3n) is 2.71. The minimum atomic E-state index is -0.248. The highest BCUT2D eigenvalue weighted by atomic mass is 16.1. The Morgan fingerprint density at radius 2 is 2.15 bits per heavy atom.